The van der Waals surface area contributed by atoms with Gasteiger partial charge in [-0.25, -0.2) is 0 Å². The van der Waals surface area contributed by atoms with Gasteiger partial charge in [0.05, 0.1) is 11.6 Å². The zero-order chi connectivity index (χ0) is 30.6. The van der Waals surface area contributed by atoms with Crippen LogP contribution >= 0.6 is 22.7 Å². The van der Waals surface area contributed by atoms with Gasteiger partial charge >= 0.3 is 0 Å². The molecule has 0 aliphatic heterocycles. The summed E-state index contributed by atoms with van der Waals surface area (Å²) in [5, 5.41) is 15.2. The van der Waals surface area contributed by atoms with E-state index in [2.05, 4.69) is 140 Å². The molecule has 3 heteroatoms. The van der Waals surface area contributed by atoms with Crippen LogP contribution in [0, 0.1) is 11.3 Å². The molecule has 1 nitrogen and oxygen atoms in total. The molecular weight excluding hydrogens is 595 g/mol. The quantitative estimate of drug-likeness (QED) is 0.192. The average molecular weight is 620 g/mol. The lowest BCUT2D eigenvalue weighted by Gasteiger charge is -2.20. The number of thiophene rings is 2. The van der Waals surface area contributed by atoms with Gasteiger partial charge in [0.1, 0.15) is 0 Å². The lowest BCUT2D eigenvalue weighted by atomic mass is 9.83. The molecule has 0 amide bonds. The fourth-order valence-corrected chi connectivity index (χ4v) is 8.96. The Labute approximate surface area is 274 Å². The molecule has 7 aromatic carbocycles. The molecule has 0 bridgehead atoms. The van der Waals surface area contributed by atoms with Crippen molar-refractivity contribution in [3.63, 3.8) is 0 Å². The maximum Gasteiger partial charge on any atom is 0.0998 e. The van der Waals surface area contributed by atoms with Crippen LogP contribution in [-0.2, 0) is 0 Å². The van der Waals surface area contributed by atoms with Crippen LogP contribution in [0.25, 0.3) is 84.9 Å². The van der Waals surface area contributed by atoms with Crippen LogP contribution in [0.2, 0.25) is 0 Å². The summed E-state index contributed by atoms with van der Waals surface area (Å²) in [5.41, 5.74) is 9.63. The first kappa shape index (κ1) is 26.8. The van der Waals surface area contributed by atoms with Crippen molar-refractivity contribution in [1.82, 2.24) is 0 Å². The number of rotatable bonds is 4. The number of nitrogens with zero attached hydrogens (tertiary/aromatic N) is 1. The molecule has 9 rings (SSSR count). The molecule has 2 heterocycles. The minimum Gasteiger partial charge on any atom is -0.192 e. The van der Waals surface area contributed by atoms with E-state index in [0.29, 0.717) is 5.56 Å². The normalized spacial score (nSPS) is 11.5. The SMILES string of the molecule is N#Cc1ccccc1-c1cc(-c2ccc3sc4ccccc4c3c2)c(-c2ccccc2)c(-c2ccc3sc4ccccc4c3c2)c1. The summed E-state index contributed by atoms with van der Waals surface area (Å²) in [4.78, 5) is 0. The van der Waals surface area contributed by atoms with Gasteiger partial charge in [-0.2, -0.15) is 5.26 Å². The molecule has 46 heavy (non-hydrogen) atoms. The highest BCUT2D eigenvalue weighted by Crippen LogP contribution is 2.46. The molecule has 0 aliphatic carbocycles. The molecule has 0 radical (unpaired) electrons. The fourth-order valence-electron chi connectivity index (χ4n) is 6.79. The van der Waals surface area contributed by atoms with E-state index in [1.54, 1.807) is 0 Å². The maximum atomic E-state index is 10.1. The Morgan fingerprint density at radius 3 is 1.46 bits per heavy atom. The van der Waals surface area contributed by atoms with Gasteiger partial charge in [0.2, 0.25) is 0 Å². The minimum absolute atomic E-state index is 0.672. The van der Waals surface area contributed by atoms with Crippen LogP contribution in [0.15, 0.2) is 152 Å². The van der Waals surface area contributed by atoms with Gasteiger partial charge in [-0.3, -0.25) is 0 Å². The Bertz CT molecular complexity index is 2520. The monoisotopic (exact) mass is 619 g/mol. The van der Waals surface area contributed by atoms with E-state index in [1.165, 1.54) is 45.9 Å². The largest absolute Gasteiger partial charge is 0.192 e. The third-order valence-electron chi connectivity index (χ3n) is 8.93. The number of hydrogen-bond acceptors (Lipinski definition) is 3. The summed E-state index contributed by atoms with van der Waals surface area (Å²) in [6.45, 7) is 0. The van der Waals surface area contributed by atoms with Gasteiger partial charge in [0.15, 0.2) is 0 Å². The van der Waals surface area contributed by atoms with Gasteiger partial charge in [0, 0.05) is 40.3 Å². The van der Waals surface area contributed by atoms with Gasteiger partial charge in [0.25, 0.3) is 0 Å². The molecule has 0 atom stereocenters. The Morgan fingerprint density at radius 2 is 0.870 bits per heavy atom. The van der Waals surface area contributed by atoms with Crippen molar-refractivity contribution in [3.05, 3.63) is 157 Å². The summed E-state index contributed by atoms with van der Waals surface area (Å²) in [6, 6.07) is 56.8. The molecule has 9 aromatic rings. The fraction of sp³-hybridized carbons (Fsp3) is 0. The summed E-state index contributed by atoms with van der Waals surface area (Å²) in [6.07, 6.45) is 0. The Morgan fingerprint density at radius 1 is 0.370 bits per heavy atom. The van der Waals surface area contributed by atoms with Crippen LogP contribution in [0.1, 0.15) is 5.56 Å². The minimum atomic E-state index is 0.672. The zero-order valence-electron chi connectivity index (χ0n) is 24.7. The van der Waals surface area contributed by atoms with E-state index in [-0.39, 0.29) is 0 Å². The van der Waals surface area contributed by atoms with E-state index in [4.69, 9.17) is 0 Å². The van der Waals surface area contributed by atoms with Crippen LogP contribution in [0.4, 0.5) is 0 Å². The summed E-state index contributed by atoms with van der Waals surface area (Å²) < 4.78 is 5.16. The topological polar surface area (TPSA) is 23.8 Å². The number of benzene rings is 7. The summed E-state index contributed by atoms with van der Waals surface area (Å²) >= 11 is 3.68. The highest BCUT2D eigenvalue weighted by atomic mass is 32.1. The zero-order valence-corrected chi connectivity index (χ0v) is 26.3. The Hall–Kier alpha value is -5.53. The van der Waals surface area contributed by atoms with Crippen molar-refractivity contribution in [1.29, 1.82) is 5.26 Å². The Kier molecular flexibility index (Phi) is 6.31. The van der Waals surface area contributed by atoms with Crippen LogP contribution in [0.3, 0.4) is 0 Å². The van der Waals surface area contributed by atoms with Crippen LogP contribution in [0.5, 0.6) is 0 Å². The summed E-state index contributed by atoms with van der Waals surface area (Å²) in [5.74, 6) is 0. The predicted molar refractivity (Wildman–Crippen MR) is 199 cm³/mol. The molecule has 0 N–H and O–H groups in total. The van der Waals surface area contributed by atoms with Crippen molar-refractivity contribution in [3.8, 4) is 50.6 Å². The predicted octanol–water partition coefficient (Wildman–Crippen LogP) is 13.0. The highest BCUT2D eigenvalue weighted by molar-refractivity contribution is 7.26. The first-order valence-corrected chi connectivity index (χ1v) is 16.9. The molecule has 0 aliphatic rings. The smallest absolute Gasteiger partial charge is 0.0998 e. The number of hydrogen-bond donors (Lipinski definition) is 0. The second-order valence-corrected chi connectivity index (χ2v) is 13.8. The first-order chi connectivity index (χ1) is 22.7. The van der Waals surface area contributed by atoms with Gasteiger partial charge in [-0.1, -0.05) is 97.1 Å². The molecule has 0 unspecified atom stereocenters. The summed E-state index contributed by atoms with van der Waals surface area (Å²) in [7, 11) is 0. The van der Waals surface area contributed by atoms with Crippen LogP contribution in [-0.4, -0.2) is 0 Å². The molecule has 214 valence electrons. The van der Waals surface area contributed by atoms with Crippen molar-refractivity contribution in [2.45, 2.75) is 0 Å². The molecule has 0 saturated carbocycles. The van der Waals surface area contributed by atoms with Gasteiger partial charge in [-0.15, -0.1) is 22.7 Å². The third-order valence-corrected chi connectivity index (χ3v) is 11.2. The standard InChI is InChI=1S/C43H25NS2/c44-26-30-12-4-5-13-32(30)31-24-35(28-18-20-41-37(22-28)33-14-6-8-16-39(33)45-41)43(27-10-2-1-3-11-27)36(25-31)29-19-21-42-38(23-29)34-15-7-9-17-40(34)46-42/h1-25H. The van der Waals surface area contributed by atoms with E-state index in [0.717, 1.165) is 38.9 Å². The second kappa shape index (κ2) is 10.8. The second-order valence-electron chi connectivity index (χ2n) is 11.6. The number of fused-ring (bicyclic) bond motifs is 6. The molecule has 0 saturated heterocycles. The highest BCUT2D eigenvalue weighted by Gasteiger charge is 2.20. The third kappa shape index (κ3) is 4.35. The van der Waals surface area contributed by atoms with Gasteiger partial charge in [-0.05, 0) is 99.1 Å². The number of nitriles is 1. The van der Waals surface area contributed by atoms with Crippen molar-refractivity contribution in [2.24, 2.45) is 0 Å². The van der Waals surface area contributed by atoms with Crippen molar-refractivity contribution in [2.75, 3.05) is 0 Å². The average Bonchev–Trinajstić information content (AvgIpc) is 3.69. The lowest BCUT2D eigenvalue weighted by Crippen LogP contribution is -1.94. The molecule has 2 aromatic heterocycles. The van der Waals surface area contributed by atoms with Crippen LogP contribution < -0.4 is 0 Å². The Balaban J connectivity index is 1.40. The first-order valence-electron chi connectivity index (χ1n) is 15.3. The van der Waals surface area contributed by atoms with E-state index >= 15 is 0 Å². The molecule has 0 spiro atoms. The van der Waals surface area contributed by atoms with E-state index in [9.17, 15) is 5.26 Å². The van der Waals surface area contributed by atoms with Crippen molar-refractivity contribution < 1.29 is 0 Å². The van der Waals surface area contributed by atoms with E-state index in [1.807, 2.05) is 40.9 Å². The lowest BCUT2D eigenvalue weighted by molar-refractivity contribution is 1.47. The van der Waals surface area contributed by atoms with Crippen molar-refractivity contribution >= 4 is 63.0 Å². The molecule has 0 fully saturated rings. The maximum absolute atomic E-state index is 10.1. The van der Waals surface area contributed by atoms with E-state index < -0.39 is 0 Å². The van der Waals surface area contributed by atoms with Gasteiger partial charge < -0.3 is 0 Å². The molecular formula is C43H25NS2.